The van der Waals surface area contributed by atoms with Gasteiger partial charge < -0.3 is 9.47 Å². The molecule has 6 nitrogen and oxygen atoms in total. The predicted octanol–water partition coefficient (Wildman–Crippen LogP) is 6.64. The highest BCUT2D eigenvalue weighted by molar-refractivity contribution is 8.26. The first kappa shape index (κ1) is 26.4. The van der Waals surface area contributed by atoms with Crippen LogP contribution in [0.25, 0.3) is 23.0 Å². The molecule has 3 aromatic carbocycles. The minimum atomic E-state index is -0.306. The zero-order chi connectivity index (χ0) is 27.5. The number of benzene rings is 3. The molecular weight excluding hydrogens is 545 g/mol. The first-order valence-electron chi connectivity index (χ1n) is 13.0. The monoisotopic (exact) mass is 571 g/mol. The molecule has 1 amide bonds. The lowest BCUT2D eigenvalue weighted by molar-refractivity contribution is -0.123. The number of carbonyl (C=O) groups excluding carboxylic acids is 1. The Morgan fingerprint density at radius 3 is 2.73 bits per heavy atom. The van der Waals surface area contributed by atoms with Crippen molar-refractivity contribution in [2.45, 2.75) is 25.6 Å². The average Bonchev–Trinajstić information content (AvgIpc) is 3.71. The molecule has 0 saturated carbocycles. The number of carbonyl (C=O) groups is 1. The summed E-state index contributed by atoms with van der Waals surface area (Å²) in [5.41, 5.74) is 3.63. The van der Waals surface area contributed by atoms with E-state index in [1.165, 1.54) is 17.8 Å². The van der Waals surface area contributed by atoms with Crippen molar-refractivity contribution in [3.63, 3.8) is 0 Å². The normalized spacial score (nSPS) is 18.2. The second-order valence-corrected chi connectivity index (χ2v) is 11.2. The molecule has 1 unspecified atom stereocenters. The van der Waals surface area contributed by atoms with Gasteiger partial charge in [0.15, 0.2) is 0 Å². The number of halogens is 1. The third-order valence-electron chi connectivity index (χ3n) is 6.79. The van der Waals surface area contributed by atoms with Crippen molar-refractivity contribution in [1.82, 2.24) is 14.7 Å². The van der Waals surface area contributed by atoms with Crippen LogP contribution in [0, 0.1) is 5.82 Å². The number of rotatable bonds is 8. The van der Waals surface area contributed by atoms with Gasteiger partial charge in [-0.25, -0.2) is 9.07 Å². The van der Waals surface area contributed by atoms with E-state index in [-0.39, 0.29) is 24.4 Å². The molecule has 9 heteroatoms. The highest BCUT2D eigenvalue weighted by Gasteiger charge is 2.35. The van der Waals surface area contributed by atoms with Gasteiger partial charge in [-0.05, 0) is 49.2 Å². The molecule has 1 aromatic heterocycles. The molecule has 0 radical (unpaired) electrons. The van der Waals surface area contributed by atoms with Gasteiger partial charge in [-0.2, -0.15) is 5.10 Å². The van der Waals surface area contributed by atoms with Crippen LogP contribution >= 0.6 is 24.0 Å². The fourth-order valence-corrected chi connectivity index (χ4v) is 6.00. The number of hydrogen-bond donors (Lipinski definition) is 0. The van der Waals surface area contributed by atoms with Gasteiger partial charge in [0.2, 0.25) is 0 Å². The van der Waals surface area contributed by atoms with E-state index in [0.29, 0.717) is 32.8 Å². The van der Waals surface area contributed by atoms with E-state index < -0.39 is 0 Å². The quantitative estimate of drug-likeness (QED) is 0.175. The first-order valence-corrected chi connectivity index (χ1v) is 14.3. The molecule has 0 aliphatic carbocycles. The van der Waals surface area contributed by atoms with Crippen LogP contribution in [0.5, 0.6) is 5.75 Å². The van der Waals surface area contributed by atoms with E-state index in [2.05, 4.69) is 0 Å². The average molecular weight is 572 g/mol. The highest BCUT2D eigenvalue weighted by atomic mass is 32.2. The summed E-state index contributed by atoms with van der Waals surface area (Å²) in [5, 5.41) is 4.88. The number of thiocarbonyl (C=S) groups is 1. The van der Waals surface area contributed by atoms with Crippen LogP contribution in [0.1, 0.15) is 24.0 Å². The van der Waals surface area contributed by atoms with Crippen LogP contribution in [0.15, 0.2) is 90.0 Å². The number of thioether (sulfide) groups is 1. The lowest BCUT2D eigenvalue weighted by atomic mass is 10.1. The summed E-state index contributed by atoms with van der Waals surface area (Å²) in [7, 11) is 0. The Balaban J connectivity index is 1.32. The maximum Gasteiger partial charge on any atom is 0.266 e. The SMILES string of the molecule is O=C1/C(=C/c2cn(-c3ccccc3)nc2-c2cccc(OCc3ccccc3F)c2)SC(=S)N1CC1CCCO1. The third kappa shape index (κ3) is 5.72. The van der Waals surface area contributed by atoms with Crippen LogP contribution < -0.4 is 4.74 Å². The molecule has 202 valence electrons. The van der Waals surface area contributed by atoms with Gasteiger partial charge in [-0.3, -0.25) is 9.69 Å². The number of aromatic nitrogens is 2. The molecule has 2 aliphatic heterocycles. The second-order valence-electron chi connectivity index (χ2n) is 9.55. The van der Waals surface area contributed by atoms with Crippen LogP contribution in [0.4, 0.5) is 4.39 Å². The smallest absolute Gasteiger partial charge is 0.266 e. The largest absolute Gasteiger partial charge is 0.489 e. The van der Waals surface area contributed by atoms with E-state index >= 15 is 0 Å². The van der Waals surface area contributed by atoms with E-state index in [0.717, 1.165) is 36.3 Å². The molecule has 1 atom stereocenters. The van der Waals surface area contributed by atoms with Crippen molar-refractivity contribution in [3.05, 3.63) is 107 Å². The van der Waals surface area contributed by atoms with Crippen molar-refractivity contribution < 1.29 is 18.7 Å². The van der Waals surface area contributed by atoms with Crippen LogP contribution in [0.2, 0.25) is 0 Å². The molecule has 3 heterocycles. The van der Waals surface area contributed by atoms with E-state index in [9.17, 15) is 9.18 Å². The minimum Gasteiger partial charge on any atom is -0.489 e. The third-order valence-corrected chi connectivity index (χ3v) is 8.17. The zero-order valence-electron chi connectivity index (χ0n) is 21.5. The maximum absolute atomic E-state index is 14.1. The van der Waals surface area contributed by atoms with Gasteiger partial charge in [0.25, 0.3) is 5.91 Å². The van der Waals surface area contributed by atoms with Crippen molar-refractivity contribution in [2.75, 3.05) is 13.2 Å². The van der Waals surface area contributed by atoms with E-state index in [1.54, 1.807) is 27.8 Å². The Bertz CT molecular complexity index is 1580. The van der Waals surface area contributed by atoms with Crippen LogP contribution in [-0.4, -0.2) is 44.2 Å². The Morgan fingerprint density at radius 1 is 1.10 bits per heavy atom. The number of ether oxygens (including phenoxy) is 2. The van der Waals surface area contributed by atoms with Crippen molar-refractivity contribution >= 4 is 40.3 Å². The molecule has 0 spiro atoms. The number of para-hydroxylation sites is 1. The van der Waals surface area contributed by atoms with Gasteiger partial charge in [-0.15, -0.1) is 0 Å². The van der Waals surface area contributed by atoms with Gasteiger partial charge in [0.05, 0.1) is 23.2 Å². The summed E-state index contributed by atoms with van der Waals surface area (Å²) in [6.07, 6.45) is 5.71. The lowest BCUT2D eigenvalue weighted by Gasteiger charge is -2.18. The molecule has 0 N–H and O–H groups in total. The predicted molar refractivity (Wildman–Crippen MR) is 159 cm³/mol. The number of amides is 1. The Hall–Kier alpha value is -3.79. The fourth-order valence-electron chi connectivity index (χ4n) is 4.73. The van der Waals surface area contributed by atoms with E-state index in [1.807, 2.05) is 66.9 Å². The maximum atomic E-state index is 14.1. The first-order chi connectivity index (χ1) is 19.5. The molecular formula is C31H26FN3O3S2. The number of nitrogens with zero attached hydrogens (tertiary/aromatic N) is 3. The molecule has 4 aromatic rings. The summed E-state index contributed by atoms with van der Waals surface area (Å²) in [6.45, 7) is 1.30. The lowest BCUT2D eigenvalue weighted by Crippen LogP contribution is -2.35. The molecule has 2 saturated heterocycles. The zero-order valence-corrected chi connectivity index (χ0v) is 23.2. The van der Waals surface area contributed by atoms with Crippen LogP contribution in [0.3, 0.4) is 0 Å². The van der Waals surface area contributed by atoms with Gasteiger partial charge in [-0.1, -0.05) is 72.5 Å². The highest BCUT2D eigenvalue weighted by Crippen LogP contribution is 2.36. The summed E-state index contributed by atoms with van der Waals surface area (Å²) in [6, 6.07) is 23.8. The minimum absolute atomic E-state index is 0.0188. The number of hydrogen-bond acceptors (Lipinski definition) is 6. The Morgan fingerprint density at radius 2 is 1.93 bits per heavy atom. The molecule has 2 aliphatic rings. The standard InChI is InChI=1S/C31H26FN3O3S2/c32-27-14-5-4-8-22(27)20-38-25-12-6-9-21(16-25)29-23(18-35(33-29)24-10-2-1-3-11-24)17-28-30(36)34(31(39)40-28)19-26-13-7-15-37-26/h1-6,8-12,14,16-18,26H,7,13,15,19-20H2/b28-17-. The van der Waals surface area contributed by atoms with Gasteiger partial charge in [0.1, 0.15) is 28.2 Å². The van der Waals surface area contributed by atoms with Crippen molar-refractivity contribution in [3.8, 4) is 22.7 Å². The summed E-state index contributed by atoms with van der Waals surface area (Å²) in [5.74, 6) is 0.161. The topological polar surface area (TPSA) is 56.6 Å². The second kappa shape index (κ2) is 11.8. The molecule has 40 heavy (non-hydrogen) atoms. The fraction of sp³-hybridized carbons (Fsp3) is 0.194. The molecule has 0 bridgehead atoms. The van der Waals surface area contributed by atoms with Gasteiger partial charge in [0, 0.05) is 29.5 Å². The Kier molecular flexibility index (Phi) is 7.77. The molecule has 6 rings (SSSR count). The van der Waals surface area contributed by atoms with Crippen molar-refractivity contribution in [1.29, 1.82) is 0 Å². The van der Waals surface area contributed by atoms with Gasteiger partial charge >= 0.3 is 0 Å². The summed E-state index contributed by atoms with van der Waals surface area (Å²) >= 11 is 6.85. The van der Waals surface area contributed by atoms with Crippen LogP contribution in [-0.2, 0) is 16.1 Å². The van der Waals surface area contributed by atoms with Crippen molar-refractivity contribution in [2.24, 2.45) is 0 Å². The van der Waals surface area contributed by atoms with E-state index in [4.69, 9.17) is 26.8 Å². The molecule has 2 fully saturated rings. The summed E-state index contributed by atoms with van der Waals surface area (Å²) in [4.78, 5) is 15.5. The summed E-state index contributed by atoms with van der Waals surface area (Å²) < 4.78 is 28.1. The Labute approximate surface area is 241 Å².